The summed E-state index contributed by atoms with van der Waals surface area (Å²) in [6.45, 7) is 0. The lowest BCUT2D eigenvalue weighted by Crippen LogP contribution is -1.88. The van der Waals surface area contributed by atoms with Gasteiger partial charge in [-0.1, -0.05) is 53.0 Å². The SMILES string of the molecule is Clc1cc(Cl)c(-c2ccc3[c]cccc3n2)c(Cl)c1. The number of pyridine rings is 1. The molecule has 93 valence electrons. The predicted octanol–water partition coefficient (Wildman–Crippen LogP) is 5.66. The van der Waals surface area contributed by atoms with Crippen molar-refractivity contribution in [3.05, 3.63) is 63.6 Å². The molecule has 0 aliphatic heterocycles. The summed E-state index contributed by atoms with van der Waals surface area (Å²) in [6, 6.07) is 15.9. The van der Waals surface area contributed by atoms with Crippen LogP contribution in [0.4, 0.5) is 0 Å². The molecule has 0 amide bonds. The third-order valence-electron chi connectivity index (χ3n) is 2.78. The van der Waals surface area contributed by atoms with E-state index >= 15 is 0 Å². The van der Waals surface area contributed by atoms with Crippen molar-refractivity contribution in [3.63, 3.8) is 0 Å². The minimum atomic E-state index is 0.490. The predicted molar refractivity (Wildman–Crippen MR) is 81.0 cm³/mol. The maximum absolute atomic E-state index is 6.20. The molecule has 0 saturated carbocycles. The Balaban J connectivity index is 2.25. The molecule has 0 N–H and O–H groups in total. The van der Waals surface area contributed by atoms with Crippen LogP contribution in [0.1, 0.15) is 0 Å². The Bertz CT molecular complexity index is 745. The number of hydrogen-bond acceptors (Lipinski definition) is 1. The number of halogens is 3. The highest BCUT2D eigenvalue weighted by molar-refractivity contribution is 6.41. The number of fused-ring (bicyclic) bond motifs is 1. The van der Waals surface area contributed by atoms with Gasteiger partial charge in [-0.2, -0.15) is 0 Å². The number of hydrogen-bond donors (Lipinski definition) is 0. The average molecular weight is 308 g/mol. The van der Waals surface area contributed by atoms with Gasteiger partial charge < -0.3 is 0 Å². The van der Waals surface area contributed by atoms with Gasteiger partial charge in [0.05, 0.1) is 21.3 Å². The Morgan fingerprint density at radius 3 is 2.42 bits per heavy atom. The number of aromatic nitrogens is 1. The first kappa shape index (κ1) is 12.7. The number of benzene rings is 2. The van der Waals surface area contributed by atoms with Gasteiger partial charge in [0.2, 0.25) is 0 Å². The molecule has 0 fully saturated rings. The summed E-state index contributed by atoms with van der Waals surface area (Å²) in [7, 11) is 0. The first-order valence-electron chi connectivity index (χ1n) is 5.57. The molecule has 0 atom stereocenters. The van der Waals surface area contributed by atoms with Gasteiger partial charge in [0, 0.05) is 16.0 Å². The lowest BCUT2D eigenvalue weighted by Gasteiger charge is -2.08. The normalized spacial score (nSPS) is 10.9. The minimum absolute atomic E-state index is 0.490. The van der Waals surface area contributed by atoms with Crippen LogP contribution in [-0.4, -0.2) is 4.98 Å². The van der Waals surface area contributed by atoms with Gasteiger partial charge in [-0.05, 0) is 30.3 Å². The summed E-state index contributed by atoms with van der Waals surface area (Å²) in [5.74, 6) is 0. The fraction of sp³-hybridized carbons (Fsp3) is 0. The maximum atomic E-state index is 6.20. The van der Waals surface area contributed by atoms with E-state index in [0.29, 0.717) is 20.6 Å². The second-order valence-electron chi connectivity index (χ2n) is 4.04. The highest BCUT2D eigenvalue weighted by Crippen LogP contribution is 2.36. The summed E-state index contributed by atoms with van der Waals surface area (Å²) >= 11 is 18.3. The van der Waals surface area contributed by atoms with Gasteiger partial charge in [0.15, 0.2) is 0 Å². The van der Waals surface area contributed by atoms with E-state index in [1.807, 2.05) is 30.3 Å². The molecule has 0 saturated heterocycles. The van der Waals surface area contributed by atoms with E-state index in [0.717, 1.165) is 16.6 Å². The Hall–Kier alpha value is -1.28. The van der Waals surface area contributed by atoms with Crippen molar-refractivity contribution < 1.29 is 0 Å². The van der Waals surface area contributed by atoms with Crippen LogP contribution in [0.2, 0.25) is 15.1 Å². The standard InChI is InChI=1S/C15H7Cl3N/c16-10-7-11(17)15(12(18)8-10)14-6-5-9-3-1-2-4-13(9)19-14/h1-2,4-8H. The molecule has 1 radical (unpaired) electrons. The molecule has 0 aliphatic rings. The highest BCUT2D eigenvalue weighted by atomic mass is 35.5. The summed E-state index contributed by atoms with van der Waals surface area (Å²) in [6.07, 6.45) is 0. The van der Waals surface area contributed by atoms with E-state index < -0.39 is 0 Å². The summed E-state index contributed by atoms with van der Waals surface area (Å²) in [5.41, 5.74) is 2.26. The molecule has 19 heavy (non-hydrogen) atoms. The molecule has 0 aliphatic carbocycles. The zero-order chi connectivity index (χ0) is 13.4. The fourth-order valence-electron chi connectivity index (χ4n) is 1.93. The van der Waals surface area contributed by atoms with Crippen molar-refractivity contribution >= 4 is 45.7 Å². The molecule has 0 spiro atoms. The summed E-state index contributed by atoms with van der Waals surface area (Å²) < 4.78 is 0. The molecule has 1 aromatic heterocycles. The molecule has 0 bridgehead atoms. The molecule has 1 heterocycles. The summed E-state index contributed by atoms with van der Waals surface area (Å²) in [5, 5.41) is 2.44. The molecule has 3 aromatic rings. The molecule has 0 unspecified atom stereocenters. The first-order chi connectivity index (χ1) is 9.15. The van der Waals surface area contributed by atoms with Gasteiger partial charge >= 0.3 is 0 Å². The van der Waals surface area contributed by atoms with Crippen LogP contribution in [0.3, 0.4) is 0 Å². The van der Waals surface area contributed by atoms with Gasteiger partial charge in [0.1, 0.15) is 0 Å². The van der Waals surface area contributed by atoms with Crippen molar-refractivity contribution in [3.8, 4) is 11.3 Å². The van der Waals surface area contributed by atoms with Crippen molar-refractivity contribution in [1.29, 1.82) is 0 Å². The van der Waals surface area contributed by atoms with E-state index in [1.54, 1.807) is 12.1 Å². The second-order valence-corrected chi connectivity index (χ2v) is 5.29. The largest absolute Gasteiger partial charge is 0.248 e. The smallest absolute Gasteiger partial charge is 0.0739 e. The third kappa shape index (κ3) is 2.42. The van der Waals surface area contributed by atoms with Crippen LogP contribution in [0.5, 0.6) is 0 Å². The fourth-order valence-corrected chi connectivity index (χ4v) is 2.94. The second kappa shape index (κ2) is 5.01. The minimum Gasteiger partial charge on any atom is -0.248 e. The van der Waals surface area contributed by atoms with Crippen molar-refractivity contribution in [2.45, 2.75) is 0 Å². The average Bonchev–Trinajstić information content (AvgIpc) is 2.37. The quantitative estimate of drug-likeness (QED) is 0.565. The lowest BCUT2D eigenvalue weighted by atomic mass is 10.1. The van der Waals surface area contributed by atoms with Crippen LogP contribution in [0, 0.1) is 6.07 Å². The Morgan fingerprint density at radius 2 is 1.68 bits per heavy atom. The van der Waals surface area contributed by atoms with Crippen LogP contribution >= 0.6 is 34.8 Å². The van der Waals surface area contributed by atoms with E-state index in [4.69, 9.17) is 34.8 Å². The zero-order valence-electron chi connectivity index (χ0n) is 9.62. The molecular formula is C15H7Cl3N. The molecule has 3 rings (SSSR count). The van der Waals surface area contributed by atoms with Crippen molar-refractivity contribution in [2.75, 3.05) is 0 Å². The van der Waals surface area contributed by atoms with Crippen molar-refractivity contribution in [2.24, 2.45) is 0 Å². The van der Waals surface area contributed by atoms with Gasteiger partial charge in [-0.15, -0.1) is 0 Å². The van der Waals surface area contributed by atoms with Crippen LogP contribution in [0.25, 0.3) is 22.2 Å². The van der Waals surface area contributed by atoms with Crippen LogP contribution in [0.15, 0.2) is 42.5 Å². The van der Waals surface area contributed by atoms with Gasteiger partial charge in [0.25, 0.3) is 0 Å². The number of rotatable bonds is 1. The van der Waals surface area contributed by atoms with Crippen molar-refractivity contribution in [1.82, 2.24) is 4.98 Å². The van der Waals surface area contributed by atoms with E-state index in [2.05, 4.69) is 11.1 Å². The van der Waals surface area contributed by atoms with Gasteiger partial charge in [-0.3, -0.25) is 0 Å². The van der Waals surface area contributed by atoms with Crippen LogP contribution in [-0.2, 0) is 0 Å². The monoisotopic (exact) mass is 306 g/mol. The van der Waals surface area contributed by atoms with E-state index in [1.165, 1.54) is 0 Å². The molecular weight excluding hydrogens is 301 g/mol. The number of nitrogens with zero attached hydrogens (tertiary/aromatic N) is 1. The Kier molecular flexibility index (Phi) is 3.36. The van der Waals surface area contributed by atoms with Crippen LogP contribution < -0.4 is 0 Å². The Morgan fingerprint density at radius 1 is 0.947 bits per heavy atom. The van der Waals surface area contributed by atoms with Gasteiger partial charge in [-0.25, -0.2) is 4.98 Å². The zero-order valence-corrected chi connectivity index (χ0v) is 11.9. The maximum Gasteiger partial charge on any atom is 0.0739 e. The molecule has 2 aromatic carbocycles. The topological polar surface area (TPSA) is 12.9 Å². The first-order valence-corrected chi connectivity index (χ1v) is 6.71. The lowest BCUT2D eigenvalue weighted by molar-refractivity contribution is 1.40. The summed E-state index contributed by atoms with van der Waals surface area (Å²) in [4.78, 5) is 4.55. The molecule has 4 heteroatoms. The third-order valence-corrected chi connectivity index (χ3v) is 3.59. The van der Waals surface area contributed by atoms with E-state index in [-0.39, 0.29) is 0 Å². The van der Waals surface area contributed by atoms with E-state index in [9.17, 15) is 0 Å². The molecule has 1 nitrogen and oxygen atoms in total. The highest BCUT2D eigenvalue weighted by Gasteiger charge is 2.11. The Labute approximate surface area is 125 Å².